The maximum absolute atomic E-state index is 12.4. The van der Waals surface area contributed by atoms with Crippen LogP contribution in [0.15, 0.2) is 24.3 Å². The molecule has 1 fully saturated rings. The number of imide groups is 1. The number of fused-ring (bicyclic) bond motifs is 1. The Balaban J connectivity index is 1.38. The molecule has 9 heteroatoms. The van der Waals surface area contributed by atoms with Crippen LogP contribution in [0.1, 0.15) is 41.2 Å². The Bertz CT molecular complexity index is 1190. The lowest BCUT2D eigenvalue weighted by molar-refractivity contribution is -0.141. The minimum Gasteiger partial charge on any atom is -0.507 e. The van der Waals surface area contributed by atoms with E-state index in [0.717, 1.165) is 63.1 Å². The van der Waals surface area contributed by atoms with Crippen molar-refractivity contribution in [3.05, 3.63) is 52.1 Å². The van der Waals surface area contributed by atoms with Crippen molar-refractivity contribution in [1.82, 2.24) is 4.90 Å². The monoisotopic (exact) mass is 499 g/mol. The highest BCUT2D eigenvalue weighted by molar-refractivity contribution is 8.15. The van der Waals surface area contributed by atoms with Crippen molar-refractivity contribution in [3.8, 4) is 17.2 Å². The summed E-state index contributed by atoms with van der Waals surface area (Å²) in [6.45, 7) is 7.52. The van der Waals surface area contributed by atoms with Gasteiger partial charge in [-0.05, 0) is 81.3 Å². The third kappa shape index (κ3) is 4.96. The smallest absolute Gasteiger partial charge is 0.323 e. The summed E-state index contributed by atoms with van der Waals surface area (Å²) in [4.78, 5) is 36.0. The fourth-order valence-corrected chi connectivity index (χ4v) is 5.50. The molecule has 2 aliphatic heterocycles. The SMILES string of the molecule is Cc1c(C)c2c(c(C)c1O)CCC(C)(COc1ccc(CC3SC(=O)N(CC(=O)O)C3=O)cc1)O2. The summed E-state index contributed by atoms with van der Waals surface area (Å²) >= 11 is 0.860. The standard InChI is InChI=1S/C26H29NO7S/c1-14-15(2)23-19(16(3)22(14)30)9-10-26(4,34-23)13-33-18-7-5-17(6-8-18)11-20-24(31)27(12-21(28)29)25(32)35-20/h5-8,20,30H,9-13H2,1-4H3,(H,28,29). The van der Waals surface area contributed by atoms with Crippen molar-refractivity contribution in [3.63, 3.8) is 0 Å². The molecule has 0 bridgehead atoms. The van der Waals surface area contributed by atoms with Crippen molar-refractivity contribution in [2.75, 3.05) is 13.2 Å². The highest BCUT2D eigenvalue weighted by atomic mass is 32.2. The van der Waals surface area contributed by atoms with E-state index in [9.17, 15) is 19.5 Å². The van der Waals surface area contributed by atoms with Gasteiger partial charge in [-0.2, -0.15) is 0 Å². The molecule has 2 aliphatic rings. The average Bonchev–Trinajstić information content (AvgIpc) is 3.08. The molecule has 8 nitrogen and oxygen atoms in total. The summed E-state index contributed by atoms with van der Waals surface area (Å²) in [6.07, 6.45) is 1.87. The van der Waals surface area contributed by atoms with Crippen LogP contribution >= 0.6 is 11.8 Å². The summed E-state index contributed by atoms with van der Waals surface area (Å²) in [6, 6.07) is 7.31. The Labute approximate surface area is 208 Å². The molecule has 0 radical (unpaired) electrons. The highest BCUT2D eigenvalue weighted by Gasteiger charge is 2.40. The lowest BCUT2D eigenvalue weighted by atomic mass is 9.87. The molecule has 35 heavy (non-hydrogen) atoms. The summed E-state index contributed by atoms with van der Waals surface area (Å²) in [7, 11) is 0. The largest absolute Gasteiger partial charge is 0.507 e. The first-order chi connectivity index (χ1) is 16.5. The van der Waals surface area contributed by atoms with Gasteiger partial charge in [0.1, 0.15) is 36.0 Å². The second-order valence-electron chi connectivity index (χ2n) is 9.41. The van der Waals surface area contributed by atoms with Crippen LogP contribution in [0, 0.1) is 20.8 Å². The van der Waals surface area contributed by atoms with E-state index in [2.05, 4.69) is 0 Å². The van der Waals surface area contributed by atoms with Gasteiger partial charge in [-0.3, -0.25) is 19.3 Å². The first-order valence-electron chi connectivity index (χ1n) is 11.4. The van der Waals surface area contributed by atoms with Gasteiger partial charge < -0.3 is 19.7 Å². The zero-order valence-electron chi connectivity index (χ0n) is 20.2. The molecule has 0 aromatic heterocycles. The maximum Gasteiger partial charge on any atom is 0.323 e. The van der Waals surface area contributed by atoms with E-state index in [0.29, 0.717) is 24.5 Å². The number of phenols is 1. The van der Waals surface area contributed by atoms with Crippen LogP contribution < -0.4 is 9.47 Å². The Morgan fingerprint density at radius 2 is 1.86 bits per heavy atom. The van der Waals surface area contributed by atoms with Crippen molar-refractivity contribution < 1.29 is 34.1 Å². The number of rotatable bonds is 7. The van der Waals surface area contributed by atoms with E-state index in [-0.39, 0.29) is 0 Å². The molecule has 2 aromatic carbocycles. The van der Waals surface area contributed by atoms with Crippen molar-refractivity contribution >= 4 is 28.9 Å². The molecule has 4 rings (SSSR count). The lowest BCUT2D eigenvalue weighted by Gasteiger charge is -2.37. The number of amides is 2. The van der Waals surface area contributed by atoms with Gasteiger partial charge in [0.25, 0.3) is 5.24 Å². The van der Waals surface area contributed by atoms with Crippen LogP contribution in [0.4, 0.5) is 4.79 Å². The van der Waals surface area contributed by atoms with Crippen LogP contribution in [0.3, 0.4) is 0 Å². The number of benzene rings is 2. The molecule has 2 atom stereocenters. The minimum absolute atomic E-state index is 0.327. The van der Waals surface area contributed by atoms with E-state index in [1.54, 1.807) is 0 Å². The van der Waals surface area contributed by atoms with E-state index >= 15 is 0 Å². The second-order valence-corrected chi connectivity index (χ2v) is 10.6. The zero-order chi connectivity index (χ0) is 25.5. The number of phenolic OH excluding ortho intramolecular Hbond substituents is 1. The Hall–Kier alpha value is -3.20. The van der Waals surface area contributed by atoms with Gasteiger partial charge in [0.2, 0.25) is 5.91 Å². The number of hydrogen-bond donors (Lipinski definition) is 2. The molecule has 2 N–H and O–H groups in total. The topological polar surface area (TPSA) is 113 Å². The van der Waals surface area contributed by atoms with Gasteiger partial charge in [0.15, 0.2) is 0 Å². The fourth-order valence-electron chi connectivity index (χ4n) is 4.47. The summed E-state index contributed by atoms with van der Waals surface area (Å²) in [5.74, 6) is 0.136. The first-order valence-corrected chi connectivity index (χ1v) is 12.3. The number of carboxylic acid groups (broad SMARTS) is 1. The van der Waals surface area contributed by atoms with Gasteiger partial charge in [-0.1, -0.05) is 23.9 Å². The second kappa shape index (κ2) is 9.45. The van der Waals surface area contributed by atoms with Crippen LogP contribution in [0.5, 0.6) is 17.2 Å². The molecule has 0 aliphatic carbocycles. The average molecular weight is 500 g/mol. The maximum atomic E-state index is 12.4. The van der Waals surface area contributed by atoms with E-state index in [1.165, 1.54) is 0 Å². The number of aromatic hydroxyl groups is 1. The lowest BCUT2D eigenvalue weighted by Crippen LogP contribution is -2.42. The summed E-state index contributed by atoms with van der Waals surface area (Å²) < 4.78 is 12.4. The van der Waals surface area contributed by atoms with Crippen LogP contribution in [0.25, 0.3) is 0 Å². The van der Waals surface area contributed by atoms with E-state index < -0.39 is 34.5 Å². The Morgan fingerprint density at radius 1 is 1.17 bits per heavy atom. The fraction of sp³-hybridized carbons (Fsp3) is 0.423. The number of carboxylic acids is 1. The molecule has 2 aromatic rings. The summed E-state index contributed by atoms with van der Waals surface area (Å²) in [5, 5.41) is 18.1. The van der Waals surface area contributed by atoms with Crippen LogP contribution in [-0.2, 0) is 22.4 Å². The van der Waals surface area contributed by atoms with Crippen molar-refractivity contribution in [2.24, 2.45) is 0 Å². The number of ether oxygens (including phenoxy) is 2. The molecule has 0 spiro atoms. The molecule has 0 saturated carbocycles. The number of carbonyl (C=O) groups excluding carboxylic acids is 2. The third-order valence-electron chi connectivity index (χ3n) is 6.78. The third-order valence-corrected chi connectivity index (χ3v) is 7.85. The van der Waals surface area contributed by atoms with Gasteiger partial charge in [0.05, 0.1) is 5.25 Å². The van der Waals surface area contributed by atoms with Gasteiger partial charge in [-0.25, -0.2) is 0 Å². The van der Waals surface area contributed by atoms with E-state index in [4.69, 9.17) is 14.6 Å². The molecule has 2 unspecified atom stereocenters. The first kappa shape index (κ1) is 24.9. The quantitative estimate of drug-likeness (QED) is 0.584. The zero-order valence-corrected chi connectivity index (χ0v) is 21.0. The van der Waals surface area contributed by atoms with Gasteiger partial charge in [-0.15, -0.1) is 0 Å². The molecule has 2 amide bonds. The number of hydrogen-bond acceptors (Lipinski definition) is 7. The number of carbonyl (C=O) groups is 3. The molecule has 2 heterocycles. The van der Waals surface area contributed by atoms with Crippen molar-refractivity contribution in [2.45, 2.75) is 57.8 Å². The summed E-state index contributed by atoms with van der Waals surface area (Å²) in [5.41, 5.74) is 4.02. The predicted octanol–water partition coefficient (Wildman–Crippen LogP) is 4.17. The van der Waals surface area contributed by atoms with Crippen molar-refractivity contribution in [1.29, 1.82) is 0 Å². The molecule has 1 saturated heterocycles. The Morgan fingerprint density at radius 3 is 2.51 bits per heavy atom. The molecular formula is C26H29NO7S. The molecule has 186 valence electrons. The van der Waals surface area contributed by atoms with Gasteiger partial charge in [0, 0.05) is 5.56 Å². The van der Waals surface area contributed by atoms with Crippen LogP contribution in [0.2, 0.25) is 0 Å². The highest BCUT2D eigenvalue weighted by Crippen LogP contribution is 2.43. The minimum atomic E-state index is -1.22. The number of nitrogens with zero attached hydrogens (tertiary/aromatic N) is 1. The normalized spacial score (nSPS) is 21.6. The molecular weight excluding hydrogens is 470 g/mol. The van der Waals surface area contributed by atoms with E-state index in [1.807, 2.05) is 52.0 Å². The number of aliphatic carboxylic acids is 1. The Kier molecular flexibility index (Phi) is 6.73. The number of thioether (sulfide) groups is 1. The van der Waals surface area contributed by atoms with Crippen LogP contribution in [-0.4, -0.2) is 56.2 Å². The van der Waals surface area contributed by atoms with Gasteiger partial charge >= 0.3 is 5.97 Å². The predicted molar refractivity (Wildman–Crippen MR) is 131 cm³/mol.